The van der Waals surface area contributed by atoms with E-state index in [0.717, 1.165) is 68.3 Å². The van der Waals surface area contributed by atoms with Gasteiger partial charge in [-0.2, -0.15) is 0 Å². The summed E-state index contributed by atoms with van der Waals surface area (Å²) in [7, 11) is 0. The molecule has 0 bridgehead atoms. The number of aryl methyl sites for hydroxylation is 1. The molecule has 1 spiro atoms. The largest absolute Gasteiger partial charge is 0.457 e. The van der Waals surface area contributed by atoms with Gasteiger partial charge in [-0.25, -0.2) is 9.97 Å². The molecule has 2 aromatic heterocycles. The average Bonchev–Trinajstić information content (AvgIpc) is 3.71. The Morgan fingerprint density at radius 2 is 1.19 bits per heavy atom. The predicted octanol–water partition coefficient (Wildman–Crippen LogP) is 12.3. The molecule has 0 fully saturated rings. The molecule has 8 aromatic rings. The second kappa shape index (κ2) is 11.8. The van der Waals surface area contributed by atoms with Crippen molar-refractivity contribution in [2.45, 2.75) is 25.7 Å². The summed E-state index contributed by atoms with van der Waals surface area (Å²) in [6, 6.07) is 51.6. The van der Waals surface area contributed by atoms with E-state index in [2.05, 4.69) is 134 Å². The number of ether oxygens (including phenoxy) is 1. The first-order chi connectivity index (χ1) is 25.7. The van der Waals surface area contributed by atoms with Crippen LogP contribution < -0.4 is 4.74 Å². The fraction of sp³-hybridized carbons (Fsp3) is 0.0833. The molecule has 1 aliphatic heterocycles. The van der Waals surface area contributed by atoms with Crippen LogP contribution in [0.3, 0.4) is 0 Å². The number of hydrogen-bond acceptors (Lipinski definition) is 4. The number of allylic oxidation sites excluding steroid dienone is 1. The average molecular weight is 671 g/mol. The number of fused-ring (bicyclic) bond motifs is 10. The van der Waals surface area contributed by atoms with Crippen molar-refractivity contribution in [1.29, 1.82) is 0 Å². The summed E-state index contributed by atoms with van der Waals surface area (Å²) >= 11 is 0. The van der Waals surface area contributed by atoms with E-state index < -0.39 is 5.41 Å². The fourth-order valence-electron chi connectivity index (χ4n) is 8.53. The lowest BCUT2D eigenvalue weighted by atomic mass is 9.66. The number of aromatic nitrogens is 2. The van der Waals surface area contributed by atoms with Crippen molar-refractivity contribution in [2.24, 2.45) is 0 Å². The quantitative estimate of drug-likeness (QED) is 0.183. The summed E-state index contributed by atoms with van der Waals surface area (Å²) < 4.78 is 13.1. The van der Waals surface area contributed by atoms with Crippen LogP contribution in [0.25, 0.3) is 62.1 Å². The fourth-order valence-corrected chi connectivity index (χ4v) is 8.53. The lowest BCUT2D eigenvalue weighted by Gasteiger charge is -2.39. The molecule has 4 nitrogen and oxygen atoms in total. The molecular weight excluding hydrogens is 637 g/mol. The van der Waals surface area contributed by atoms with Gasteiger partial charge in [0.2, 0.25) is 0 Å². The van der Waals surface area contributed by atoms with Gasteiger partial charge in [-0.3, -0.25) is 0 Å². The van der Waals surface area contributed by atoms with E-state index >= 15 is 0 Å². The number of hydrogen-bond donors (Lipinski definition) is 0. The Bertz CT molecular complexity index is 2660. The minimum absolute atomic E-state index is 0.505. The van der Waals surface area contributed by atoms with E-state index in [-0.39, 0.29) is 0 Å². The minimum Gasteiger partial charge on any atom is -0.457 e. The summed E-state index contributed by atoms with van der Waals surface area (Å²) in [4.78, 5) is 10.2. The lowest BCUT2D eigenvalue weighted by molar-refractivity contribution is 0.436. The van der Waals surface area contributed by atoms with Crippen LogP contribution in [0.1, 0.15) is 47.4 Å². The predicted molar refractivity (Wildman–Crippen MR) is 210 cm³/mol. The normalized spacial score (nSPS) is 13.5. The summed E-state index contributed by atoms with van der Waals surface area (Å²) in [5, 5.41) is 0. The van der Waals surface area contributed by atoms with E-state index in [0.29, 0.717) is 11.4 Å². The molecule has 0 unspecified atom stereocenters. The van der Waals surface area contributed by atoms with Gasteiger partial charge in [-0.15, -0.1) is 0 Å². The zero-order valence-corrected chi connectivity index (χ0v) is 28.9. The SMILES string of the molecule is C/C=C\c1oc2c(-c3ccc(-c4cccc5c4-c4ccccc4C54c5ccccc5Oc5ccccc54)cc3)nc(-c3ccccc3)nc2c1CC. The Hall–Kier alpha value is -6.52. The topological polar surface area (TPSA) is 48.2 Å². The first-order valence-electron chi connectivity index (χ1n) is 17.9. The van der Waals surface area contributed by atoms with Crippen molar-refractivity contribution in [3.05, 3.63) is 185 Å². The Morgan fingerprint density at radius 3 is 1.90 bits per heavy atom. The van der Waals surface area contributed by atoms with Crippen LogP contribution in [0.15, 0.2) is 156 Å². The van der Waals surface area contributed by atoms with E-state index in [1.54, 1.807) is 0 Å². The number of furan rings is 1. The van der Waals surface area contributed by atoms with Gasteiger partial charge >= 0.3 is 0 Å². The Balaban J connectivity index is 1.17. The van der Waals surface area contributed by atoms with Gasteiger partial charge in [-0.05, 0) is 64.9 Å². The van der Waals surface area contributed by atoms with Crippen molar-refractivity contribution in [1.82, 2.24) is 9.97 Å². The first kappa shape index (κ1) is 30.3. The third-order valence-electron chi connectivity index (χ3n) is 10.7. The Kier molecular flexibility index (Phi) is 6.87. The maximum absolute atomic E-state index is 6.54. The van der Waals surface area contributed by atoms with Gasteiger partial charge in [0.05, 0.1) is 5.41 Å². The van der Waals surface area contributed by atoms with Crippen LogP contribution in [0.5, 0.6) is 11.5 Å². The Morgan fingerprint density at radius 1 is 0.577 bits per heavy atom. The smallest absolute Gasteiger partial charge is 0.179 e. The molecule has 248 valence electrons. The second-order valence-electron chi connectivity index (χ2n) is 13.4. The highest BCUT2D eigenvalue weighted by Gasteiger charge is 2.51. The molecule has 0 amide bonds. The number of benzene rings is 6. The molecule has 4 heteroatoms. The van der Waals surface area contributed by atoms with Gasteiger partial charge in [0.15, 0.2) is 11.4 Å². The van der Waals surface area contributed by atoms with Crippen molar-refractivity contribution in [3.63, 3.8) is 0 Å². The maximum Gasteiger partial charge on any atom is 0.179 e. The summed E-state index contributed by atoms with van der Waals surface area (Å²) in [6.45, 7) is 4.15. The van der Waals surface area contributed by atoms with Crippen LogP contribution in [-0.2, 0) is 11.8 Å². The van der Waals surface area contributed by atoms with Crippen molar-refractivity contribution in [2.75, 3.05) is 0 Å². The van der Waals surface area contributed by atoms with Crippen LogP contribution in [0, 0.1) is 0 Å². The zero-order valence-electron chi connectivity index (χ0n) is 28.9. The van der Waals surface area contributed by atoms with Gasteiger partial charge in [0.1, 0.15) is 28.5 Å². The molecule has 0 saturated carbocycles. The monoisotopic (exact) mass is 670 g/mol. The van der Waals surface area contributed by atoms with Crippen molar-refractivity contribution < 1.29 is 9.15 Å². The van der Waals surface area contributed by atoms with Gasteiger partial charge in [-0.1, -0.05) is 146 Å². The summed E-state index contributed by atoms with van der Waals surface area (Å²) in [5.41, 5.74) is 14.6. The van der Waals surface area contributed by atoms with Crippen LogP contribution in [-0.4, -0.2) is 9.97 Å². The maximum atomic E-state index is 6.54. The molecule has 0 atom stereocenters. The number of para-hydroxylation sites is 2. The number of rotatable bonds is 5. The van der Waals surface area contributed by atoms with Crippen molar-refractivity contribution in [3.8, 4) is 56.4 Å². The molecule has 3 heterocycles. The van der Waals surface area contributed by atoms with E-state index in [1.807, 2.05) is 37.3 Å². The molecule has 10 rings (SSSR count). The van der Waals surface area contributed by atoms with Crippen molar-refractivity contribution >= 4 is 17.2 Å². The molecule has 52 heavy (non-hydrogen) atoms. The van der Waals surface area contributed by atoms with Gasteiger partial charge in [0, 0.05) is 27.8 Å². The second-order valence-corrected chi connectivity index (χ2v) is 13.4. The number of nitrogens with zero attached hydrogens (tertiary/aromatic N) is 2. The van der Waals surface area contributed by atoms with Gasteiger partial charge < -0.3 is 9.15 Å². The molecule has 0 saturated heterocycles. The van der Waals surface area contributed by atoms with E-state index in [9.17, 15) is 0 Å². The first-order valence-corrected chi connectivity index (χ1v) is 17.9. The molecule has 0 radical (unpaired) electrons. The molecule has 1 aliphatic carbocycles. The highest BCUT2D eigenvalue weighted by molar-refractivity contribution is 5.98. The summed E-state index contributed by atoms with van der Waals surface area (Å²) in [5.74, 6) is 3.31. The standard InChI is InChI=1S/C48H34N2O2/c1-3-15-40-33(4-2)45-46(52-40)44(49-47(50-45)32-16-6-5-7-17-32)31-28-26-30(27-29-31)34-19-14-23-39-43(34)35-18-8-9-20-36(35)48(39)37-21-10-12-24-41(37)51-42-25-13-11-22-38(42)48/h3,5-29H,4H2,1-2H3/b15-3-. The van der Waals surface area contributed by atoms with Gasteiger partial charge in [0.25, 0.3) is 0 Å². The molecular formula is C48H34N2O2. The lowest BCUT2D eigenvalue weighted by Crippen LogP contribution is -2.32. The van der Waals surface area contributed by atoms with Crippen LogP contribution in [0.2, 0.25) is 0 Å². The zero-order chi connectivity index (χ0) is 34.8. The van der Waals surface area contributed by atoms with E-state index in [1.165, 1.54) is 27.8 Å². The summed E-state index contributed by atoms with van der Waals surface area (Å²) in [6.07, 6.45) is 4.83. The molecule has 2 aliphatic rings. The highest BCUT2D eigenvalue weighted by atomic mass is 16.5. The van der Waals surface area contributed by atoms with Crippen LogP contribution in [0.4, 0.5) is 0 Å². The Labute approximate surface area is 302 Å². The third kappa shape index (κ3) is 4.27. The van der Waals surface area contributed by atoms with Crippen LogP contribution >= 0.6 is 0 Å². The van der Waals surface area contributed by atoms with E-state index in [4.69, 9.17) is 19.1 Å². The molecule has 6 aromatic carbocycles. The third-order valence-corrected chi connectivity index (χ3v) is 10.7. The highest BCUT2D eigenvalue weighted by Crippen LogP contribution is 2.63. The molecule has 0 N–H and O–H groups in total. The minimum atomic E-state index is -0.505.